The number of carbonyl (C=O) groups excluding carboxylic acids is 2. The van der Waals surface area contributed by atoms with E-state index in [4.69, 9.17) is 13.8 Å². The standard InChI is InChI=1S/C69H125N2O7P/c1-7-10-13-16-19-22-25-27-29-31-33-34-35-36-38-40-42-44-47-50-53-56-59-62-69(73)78-67(60-57-54-51-48-45-24-21-18-15-12-9-3)66(65-77-79(74,75)76-64-63-71(4,5)6)70-68(72)61-58-55-52-49-46-43-41-39-37-32-30-28-26-23-20-17-14-11-8-2/h11,14,20,23,28,30,37,39,43,46,52,55,57,60,66-67H,7-10,12-13,15-19,21-22,24-27,29,31-36,38,40-42,44-45,47-51,53-54,56,58-59,61-65H2,1-6H3,(H-,70,72,74,75)/p+1/b14-11-,23-20-,30-28-,39-37-,46-43-,55-52-,60-57+. The molecule has 0 rings (SSSR count). The number of phosphoric acid groups is 1. The van der Waals surface area contributed by atoms with Crippen LogP contribution >= 0.6 is 7.82 Å². The summed E-state index contributed by atoms with van der Waals surface area (Å²) in [5.74, 6) is -0.597. The third-order valence-corrected chi connectivity index (χ3v) is 15.3. The maximum Gasteiger partial charge on any atom is 0.472 e. The van der Waals surface area contributed by atoms with Crippen molar-refractivity contribution < 1.29 is 37.3 Å². The molecule has 0 radical (unpaired) electrons. The summed E-state index contributed by atoms with van der Waals surface area (Å²) in [5, 5.41) is 3.01. The summed E-state index contributed by atoms with van der Waals surface area (Å²) in [6.07, 6.45) is 77.6. The molecule has 0 aromatic rings. The van der Waals surface area contributed by atoms with Gasteiger partial charge in [0.05, 0.1) is 33.8 Å². The first-order valence-electron chi connectivity index (χ1n) is 32.9. The lowest BCUT2D eigenvalue weighted by Crippen LogP contribution is -2.47. The molecule has 9 nitrogen and oxygen atoms in total. The zero-order valence-electron chi connectivity index (χ0n) is 52.3. The lowest BCUT2D eigenvalue weighted by atomic mass is 10.0. The molecule has 0 heterocycles. The Labute approximate surface area is 488 Å². The van der Waals surface area contributed by atoms with Crippen LogP contribution in [0.2, 0.25) is 0 Å². The molecule has 0 saturated carbocycles. The minimum atomic E-state index is -4.47. The van der Waals surface area contributed by atoms with Gasteiger partial charge in [0.2, 0.25) is 5.91 Å². The fourth-order valence-corrected chi connectivity index (χ4v) is 10.1. The van der Waals surface area contributed by atoms with E-state index in [1.165, 1.54) is 173 Å². The van der Waals surface area contributed by atoms with Gasteiger partial charge in [-0.2, -0.15) is 0 Å². The van der Waals surface area contributed by atoms with Crippen molar-refractivity contribution in [3.05, 3.63) is 85.1 Å². The number of rotatable bonds is 59. The number of hydrogen-bond donors (Lipinski definition) is 2. The second-order valence-corrected chi connectivity index (χ2v) is 24.7. The maximum absolute atomic E-state index is 13.5. The van der Waals surface area contributed by atoms with Gasteiger partial charge in [0.1, 0.15) is 19.3 Å². The number of phosphoric ester groups is 1. The van der Waals surface area contributed by atoms with E-state index < -0.39 is 20.0 Å². The Balaban J connectivity index is 5.20. The fraction of sp³-hybridized carbons (Fsp3) is 0.768. The molecule has 0 spiro atoms. The molecule has 3 unspecified atom stereocenters. The molecule has 0 aliphatic rings. The number of nitrogens with one attached hydrogen (secondary N) is 1. The number of quaternary nitrogens is 1. The molecule has 0 aliphatic heterocycles. The average molecular weight is 1130 g/mol. The number of carbonyl (C=O) groups is 2. The van der Waals surface area contributed by atoms with Crippen LogP contribution in [-0.2, 0) is 27.9 Å². The summed E-state index contributed by atoms with van der Waals surface area (Å²) < 4.78 is 30.7. The fourth-order valence-electron chi connectivity index (χ4n) is 9.32. The topological polar surface area (TPSA) is 111 Å². The third kappa shape index (κ3) is 59.6. The molecule has 0 aliphatic carbocycles. The molecule has 10 heteroatoms. The van der Waals surface area contributed by atoms with Gasteiger partial charge in [-0.15, -0.1) is 0 Å². The summed E-state index contributed by atoms with van der Waals surface area (Å²) in [5.41, 5.74) is 0. The van der Waals surface area contributed by atoms with Gasteiger partial charge < -0.3 is 19.4 Å². The Morgan fingerprint density at radius 2 is 0.823 bits per heavy atom. The van der Waals surface area contributed by atoms with E-state index in [1.807, 2.05) is 39.4 Å². The Morgan fingerprint density at radius 3 is 1.22 bits per heavy atom. The molecule has 0 aromatic heterocycles. The normalized spacial score (nSPS) is 14.2. The number of unbranched alkanes of at least 4 members (excludes halogenated alkanes) is 31. The summed E-state index contributed by atoms with van der Waals surface area (Å²) in [4.78, 5) is 37.7. The van der Waals surface area contributed by atoms with Crippen LogP contribution in [0.15, 0.2) is 85.1 Å². The highest BCUT2D eigenvalue weighted by molar-refractivity contribution is 7.47. The van der Waals surface area contributed by atoms with E-state index >= 15 is 0 Å². The number of nitrogens with zero attached hydrogens (tertiary/aromatic N) is 1. The van der Waals surface area contributed by atoms with Crippen molar-refractivity contribution >= 4 is 19.7 Å². The van der Waals surface area contributed by atoms with Crippen LogP contribution in [0.25, 0.3) is 0 Å². The van der Waals surface area contributed by atoms with E-state index in [0.717, 1.165) is 77.0 Å². The predicted octanol–water partition coefficient (Wildman–Crippen LogP) is 20.6. The Morgan fingerprint density at radius 1 is 0.456 bits per heavy atom. The molecule has 0 saturated heterocycles. The lowest BCUT2D eigenvalue weighted by Gasteiger charge is -2.27. The first-order valence-corrected chi connectivity index (χ1v) is 34.4. The van der Waals surface area contributed by atoms with Crippen LogP contribution in [0.3, 0.4) is 0 Å². The SMILES string of the molecule is CC/C=C\C/C=C\C/C=C\C/C=C\C/C=C\C/C=C\CCC(=O)NC(COP(=O)(O)OCC[N+](C)(C)C)C(/C=C/CCCCCCCCCCC)OC(=O)CCCCCCCCCCCCCCCCCCCCCCCCC. The highest BCUT2D eigenvalue weighted by Crippen LogP contribution is 2.43. The van der Waals surface area contributed by atoms with Crippen LogP contribution in [0.5, 0.6) is 0 Å². The third-order valence-electron chi connectivity index (χ3n) is 14.4. The van der Waals surface area contributed by atoms with Crippen molar-refractivity contribution in [2.75, 3.05) is 40.9 Å². The van der Waals surface area contributed by atoms with Crippen LogP contribution in [0, 0.1) is 0 Å². The van der Waals surface area contributed by atoms with Crippen LogP contribution in [0.4, 0.5) is 0 Å². The molecule has 458 valence electrons. The van der Waals surface area contributed by atoms with E-state index in [9.17, 15) is 19.0 Å². The number of allylic oxidation sites excluding steroid dienone is 13. The molecule has 3 atom stereocenters. The van der Waals surface area contributed by atoms with Gasteiger partial charge in [0.15, 0.2) is 0 Å². The van der Waals surface area contributed by atoms with Gasteiger partial charge in [-0.1, -0.05) is 292 Å². The van der Waals surface area contributed by atoms with Crippen molar-refractivity contribution in [1.82, 2.24) is 5.32 Å². The molecule has 0 bridgehead atoms. The summed E-state index contributed by atoms with van der Waals surface area (Å²) >= 11 is 0. The van der Waals surface area contributed by atoms with E-state index in [0.29, 0.717) is 17.4 Å². The Kier molecular flexibility index (Phi) is 56.3. The van der Waals surface area contributed by atoms with Crippen LogP contribution in [-0.4, -0.2) is 74.3 Å². The van der Waals surface area contributed by atoms with Gasteiger partial charge in [-0.05, 0) is 70.3 Å². The molecular weight excluding hydrogens is 1000 g/mol. The minimum Gasteiger partial charge on any atom is -0.456 e. The zero-order valence-corrected chi connectivity index (χ0v) is 53.2. The monoisotopic (exact) mass is 1130 g/mol. The summed E-state index contributed by atoms with van der Waals surface area (Å²) in [6.45, 7) is 6.86. The van der Waals surface area contributed by atoms with Crippen molar-refractivity contribution in [1.29, 1.82) is 0 Å². The van der Waals surface area contributed by atoms with Crippen molar-refractivity contribution in [3.8, 4) is 0 Å². The number of amides is 1. The first-order chi connectivity index (χ1) is 38.4. The number of likely N-dealkylation sites (N-methyl/N-ethyl adjacent to an activating group) is 1. The minimum absolute atomic E-state index is 0.0247. The number of ether oxygens (including phenoxy) is 1. The molecule has 0 aromatic carbocycles. The van der Waals surface area contributed by atoms with E-state index in [1.54, 1.807) is 0 Å². The molecule has 2 N–H and O–H groups in total. The average Bonchev–Trinajstić information content (AvgIpc) is 3.41. The highest BCUT2D eigenvalue weighted by Gasteiger charge is 2.30. The molecule has 1 amide bonds. The van der Waals surface area contributed by atoms with Gasteiger partial charge in [-0.3, -0.25) is 18.6 Å². The summed E-state index contributed by atoms with van der Waals surface area (Å²) in [7, 11) is 1.45. The zero-order chi connectivity index (χ0) is 57.9. The summed E-state index contributed by atoms with van der Waals surface area (Å²) in [6, 6.07) is -0.891. The van der Waals surface area contributed by atoms with E-state index in [2.05, 4.69) is 92.9 Å². The Hall–Kier alpha value is -2.81. The van der Waals surface area contributed by atoms with Crippen LogP contribution in [0.1, 0.15) is 290 Å². The van der Waals surface area contributed by atoms with E-state index in [-0.39, 0.29) is 37.9 Å². The Bertz CT molecular complexity index is 1630. The molecule has 79 heavy (non-hydrogen) atoms. The number of esters is 1. The second kappa shape index (κ2) is 58.4. The van der Waals surface area contributed by atoms with Crippen molar-refractivity contribution in [2.45, 2.75) is 303 Å². The van der Waals surface area contributed by atoms with Crippen molar-refractivity contribution in [2.24, 2.45) is 0 Å². The van der Waals surface area contributed by atoms with Crippen LogP contribution < -0.4 is 5.32 Å². The molecular formula is C69H126N2O7P+. The second-order valence-electron chi connectivity index (χ2n) is 23.3. The largest absolute Gasteiger partial charge is 0.472 e. The highest BCUT2D eigenvalue weighted by atomic mass is 31.2. The van der Waals surface area contributed by atoms with Gasteiger partial charge in [-0.25, -0.2) is 4.57 Å². The van der Waals surface area contributed by atoms with Gasteiger partial charge in [0.25, 0.3) is 0 Å². The molecule has 0 fully saturated rings. The first kappa shape index (κ1) is 76.2. The van der Waals surface area contributed by atoms with Crippen molar-refractivity contribution in [3.63, 3.8) is 0 Å². The van der Waals surface area contributed by atoms with Gasteiger partial charge >= 0.3 is 13.8 Å². The smallest absolute Gasteiger partial charge is 0.456 e. The predicted molar refractivity (Wildman–Crippen MR) is 341 cm³/mol. The quantitative estimate of drug-likeness (QED) is 0.0205. The van der Waals surface area contributed by atoms with Gasteiger partial charge in [0, 0.05) is 12.8 Å². The maximum atomic E-state index is 13.5. The number of hydrogen-bond acceptors (Lipinski definition) is 6. The lowest BCUT2D eigenvalue weighted by molar-refractivity contribution is -0.870.